The Morgan fingerprint density at radius 2 is 1.71 bits per heavy atom. The first-order chi connectivity index (χ1) is 12.8. The highest BCUT2D eigenvalue weighted by atomic mass is 127. The van der Waals surface area contributed by atoms with Crippen LogP contribution >= 0.6 is 24.0 Å². The molecule has 0 saturated heterocycles. The topological polar surface area (TPSA) is 71.0 Å². The predicted octanol–water partition coefficient (Wildman–Crippen LogP) is 3.07. The highest BCUT2D eigenvalue weighted by molar-refractivity contribution is 14.0. The third kappa shape index (κ3) is 7.67. The van der Waals surface area contributed by atoms with Gasteiger partial charge in [-0.25, -0.2) is 8.42 Å². The number of para-hydroxylation sites is 1. The molecule has 0 aliphatic heterocycles. The van der Waals surface area contributed by atoms with Crippen LogP contribution in [0.1, 0.15) is 16.7 Å². The first-order valence-electron chi connectivity index (χ1n) is 8.61. The third-order valence-electron chi connectivity index (χ3n) is 4.08. The van der Waals surface area contributed by atoms with E-state index in [1.807, 2.05) is 60.5 Å². The summed E-state index contributed by atoms with van der Waals surface area (Å²) in [7, 11) is 2.36. The van der Waals surface area contributed by atoms with Gasteiger partial charge >= 0.3 is 0 Å². The summed E-state index contributed by atoms with van der Waals surface area (Å²) in [5.41, 5.74) is 2.92. The van der Waals surface area contributed by atoms with Crippen LogP contribution in [0.2, 0.25) is 0 Å². The van der Waals surface area contributed by atoms with Crippen molar-refractivity contribution in [3.05, 3.63) is 65.2 Å². The highest BCUT2D eigenvalue weighted by Crippen LogP contribution is 2.18. The maximum Gasteiger partial charge on any atom is 0.193 e. The Morgan fingerprint density at radius 3 is 2.29 bits per heavy atom. The number of hydrogen-bond donors (Lipinski definition) is 1. The summed E-state index contributed by atoms with van der Waals surface area (Å²) in [5, 5.41) is 3.33. The zero-order valence-electron chi connectivity index (χ0n) is 16.7. The Hall–Kier alpha value is -1.81. The van der Waals surface area contributed by atoms with E-state index >= 15 is 0 Å². The number of nitrogens with zero attached hydrogens (tertiary/aromatic N) is 2. The second-order valence-electron chi connectivity index (χ2n) is 6.46. The lowest BCUT2D eigenvalue weighted by atomic mass is 10.1. The molecule has 28 heavy (non-hydrogen) atoms. The van der Waals surface area contributed by atoms with Crippen molar-refractivity contribution in [3.8, 4) is 5.75 Å². The normalized spacial score (nSPS) is 11.5. The van der Waals surface area contributed by atoms with E-state index in [0.717, 1.165) is 28.4 Å². The van der Waals surface area contributed by atoms with Gasteiger partial charge in [0.2, 0.25) is 0 Å². The van der Waals surface area contributed by atoms with Crippen LogP contribution in [0.25, 0.3) is 0 Å². The molecular formula is C20H28IN3O3S. The number of rotatable bonds is 7. The van der Waals surface area contributed by atoms with E-state index in [-0.39, 0.29) is 29.7 Å². The molecule has 0 radical (unpaired) electrons. The third-order valence-corrected chi connectivity index (χ3v) is 4.93. The number of hydrogen-bond acceptors (Lipinski definition) is 4. The SMILES string of the molecule is CN=C(NCc1ccc(CS(C)(=O)=O)cc1)N(C)Cc1ccccc1OC.I. The van der Waals surface area contributed by atoms with Crippen LogP contribution < -0.4 is 10.1 Å². The van der Waals surface area contributed by atoms with E-state index in [9.17, 15) is 8.42 Å². The number of guanidine groups is 1. The molecule has 2 aromatic rings. The van der Waals surface area contributed by atoms with Crippen LogP contribution in [0, 0.1) is 0 Å². The van der Waals surface area contributed by atoms with Crippen LogP contribution in [0.5, 0.6) is 5.75 Å². The molecule has 0 bridgehead atoms. The first-order valence-corrected chi connectivity index (χ1v) is 10.7. The number of nitrogens with one attached hydrogen (secondary N) is 1. The average Bonchev–Trinajstić information content (AvgIpc) is 2.63. The summed E-state index contributed by atoms with van der Waals surface area (Å²) in [6.07, 6.45) is 1.24. The molecule has 0 unspecified atom stereocenters. The predicted molar refractivity (Wildman–Crippen MR) is 125 cm³/mol. The minimum atomic E-state index is -3.02. The van der Waals surface area contributed by atoms with Gasteiger partial charge in [0.1, 0.15) is 5.75 Å². The van der Waals surface area contributed by atoms with Gasteiger partial charge in [0.25, 0.3) is 0 Å². The molecule has 6 nitrogen and oxygen atoms in total. The van der Waals surface area contributed by atoms with E-state index < -0.39 is 9.84 Å². The van der Waals surface area contributed by atoms with Crippen molar-refractivity contribution in [3.63, 3.8) is 0 Å². The highest BCUT2D eigenvalue weighted by Gasteiger charge is 2.10. The van der Waals surface area contributed by atoms with Gasteiger partial charge in [-0.1, -0.05) is 42.5 Å². The van der Waals surface area contributed by atoms with Crippen molar-refractivity contribution in [1.29, 1.82) is 0 Å². The number of aliphatic imine (C=N–C) groups is 1. The number of halogens is 1. The summed E-state index contributed by atoms with van der Waals surface area (Å²) < 4.78 is 28.1. The monoisotopic (exact) mass is 517 g/mol. The van der Waals surface area contributed by atoms with Crippen molar-refractivity contribution in [2.24, 2.45) is 4.99 Å². The van der Waals surface area contributed by atoms with E-state index in [2.05, 4.69) is 10.3 Å². The van der Waals surface area contributed by atoms with Crippen LogP contribution in [-0.2, 0) is 28.7 Å². The Labute approximate surface area is 184 Å². The molecule has 0 aliphatic carbocycles. The molecule has 8 heteroatoms. The van der Waals surface area contributed by atoms with Crippen molar-refractivity contribution >= 4 is 39.8 Å². The molecule has 1 N–H and O–H groups in total. The van der Waals surface area contributed by atoms with Gasteiger partial charge in [0.15, 0.2) is 15.8 Å². The van der Waals surface area contributed by atoms with E-state index in [0.29, 0.717) is 13.1 Å². The average molecular weight is 517 g/mol. The Balaban J connectivity index is 0.00000392. The number of sulfone groups is 1. The molecule has 0 heterocycles. The van der Waals surface area contributed by atoms with Gasteiger partial charge in [0, 0.05) is 39.0 Å². The zero-order valence-corrected chi connectivity index (χ0v) is 19.8. The fourth-order valence-electron chi connectivity index (χ4n) is 2.79. The standard InChI is InChI=1S/C20H27N3O3S.HI/c1-21-20(23(2)14-18-7-5-6-8-19(18)26-3)22-13-16-9-11-17(12-10-16)15-27(4,24)25;/h5-12H,13-15H2,1-4H3,(H,21,22);1H. The maximum absolute atomic E-state index is 11.4. The Kier molecular flexibility index (Phi) is 9.74. The molecule has 0 aliphatic rings. The van der Waals surface area contributed by atoms with E-state index in [4.69, 9.17) is 4.74 Å². The largest absolute Gasteiger partial charge is 0.496 e. The second kappa shape index (κ2) is 11.3. The van der Waals surface area contributed by atoms with Crippen molar-refractivity contribution < 1.29 is 13.2 Å². The summed E-state index contributed by atoms with van der Waals surface area (Å²) in [6.45, 7) is 1.26. The fraction of sp³-hybridized carbons (Fsp3) is 0.350. The van der Waals surface area contributed by atoms with Crippen LogP contribution in [0.15, 0.2) is 53.5 Å². The van der Waals surface area contributed by atoms with Gasteiger partial charge in [-0.2, -0.15) is 0 Å². The molecule has 2 aromatic carbocycles. The number of benzene rings is 2. The summed E-state index contributed by atoms with van der Waals surface area (Å²) in [5.74, 6) is 1.67. The van der Waals surface area contributed by atoms with E-state index in [1.54, 1.807) is 14.2 Å². The van der Waals surface area contributed by atoms with Gasteiger partial charge in [-0.05, 0) is 17.2 Å². The molecule has 154 valence electrons. The number of methoxy groups -OCH3 is 1. The van der Waals surface area contributed by atoms with Crippen LogP contribution in [0.4, 0.5) is 0 Å². The lowest BCUT2D eigenvalue weighted by Crippen LogP contribution is -2.38. The molecular weight excluding hydrogens is 489 g/mol. The minimum absolute atomic E-state index is 0. The van der Waals surface area contributed by atoms with Gasteiger partial charge in [-0.15, -0.1) is 24.0 Å². The summed E-state index contributed by atoms with van der Waals surface area (Å²) in [4.78, 5) is 6.36. The quantitative estimate of drug-likeness (QED) is 0.348. The Morgan fingerprint density at radius 1 is 1.11 bits per heavy atom. The van der Waals surface area contributed by atoms with Crippen molar-refractivity contribution in [1.82, 2.24) is 10.2 Å². The molecule has 2 rings (SSSR count). The van der Waals surface area contributed by atoms with Crippen LogP contribution in [-0.4, -0.2) is 46.7 Å². The van der Waals surface area contributed by atoms with Gasteiger partial charge < -0.3 is 15.0 Å². The molecule has 0 amide bonds. The molecule has 0 saturated carbocycles. The summed E-state index contributed by atoms with van der Waals surface area (Å²) >= 11 is 0. The second-order valence-corrected chi connectivity index (χ2v) is 8.60. The lowest BCUT2D eigenvalue weighted by Gasteiger charge is -2.23. The molecule has 0 fully saturated rings. The molecule has 0 spiro atoms. The minimum Gasteiger partial charge on any atom is -0.496 e. The van der Waals surface area contributed by atoms with Gasteiger partial charge in [0.05, 0.1) is 12.9 Å². The maximum atomic E-state index is 11.4. The van der Waals surface area contributed by atoms with Crippen molar-refractivity contribution in [2.75, 3.05) is 27.5 Å². The van der Waals surface area contributed by atoms with Gasteiger partial charge in [-0.3, -0.25) is 4.99 Å². The molecule has 0 atom stereocenters. The molecule has 0 aromatic heterocycles. The number of ether oxygens (including phenoxy) is 1. The zero-order chi connectivity index (χ0) is 19.9. The van der Waals surface area contributed by atoms with Crippen molar-refractivity contribution in [2.45, 2.75) is 18.8 Å². The summed E-state index contributed by atoms with van der Waals surface area (Å²) in [6, 6.07) is 15.5. The smallest absolute Gasteiger partial charge is 0.193 e. The lowest BCUT2D eigenvalue weighted by molar-refractivity contribution is 0.396. The van der Waals surface area contributed by atoms with E-state index in [1.165, 1.54) is 6.26 Å². The fourth-order valence-corrected chi connectivity index (χ4v) is 3.58. The Bertz CT molecular complexity index is 884. The van der Waals surface area contributed by atoms with Crippen LogP contribution in [0.3, 0.4) is 0 Å². The first kappa shape index (κ1) is 24.2.